The molecule has 4 rings (SSSR count). The number of carbonyl (C=O) groups is 1. The number of hydrogen-bond acceptors (Lipinski definition) is 5. The molecular formula is C23H24FN3O3. The van der Waals surface area contributed by atoms with Crippen LogP contribution in [0, 0.1) is 5.82 Å². The van der Waals surface area contributed by atoms with E-state index in [-0.39, 0.29) is 30.4 Å². The Labute approximate surface area is 174 Å². The lowest BCUT2D eigenvalue weighted by Gasteiger charge is -2.37. The van der Waals surface area contributed by atoms with E-state index >= 15 is 0 Å². The molecule has 0 saturated carbocycles. The minimum absolute atomic E-state index is 0.0377. The quantitative estimate of drug-likeness (QED) is 0.681. The first kappa shape index (κ1) is 20.1. The van der Waals surface area contributed by atoms with E-state index in [0.29, 0.717) is 36.0 Å². The molecule has 1 fully saturated rings. The molecule has 0 spiro atoms. The third-order valence-corrected chi connectivity index (χ3v) is 4.91. The summed E-state index contributed by atoms with van der Waals surface area (Å²) in [5.74, 6) is -0.201. The second-order valence-corrected chi connectivity index (χ2v) is 7.56. The van der Waals surface area contributed by atoms with Gasteiger partial charge in [-0.05, 0) is 44.2 Å². The minimum Gasteiger partial charge on any atom is -0.444 e. The number of hydrogen-bond donors (Lipinski definition) is 1. The number of morpholine rings is 1. The second-order valence-electron chi connectivity index (χ2n) is 7.56. The molecule has 1 saturated heterocycles. The zero-order chi connectivity index (χ0) is 21.1. The molecule has 1 aliphatic heterocycles. The minimum atomic E-state index is -0.373. The lowest BCUT2D eigenvalue weighted by atomic mass is 10.1. The highest BCUT2D eigenvalue weighted by Crippen LogP contribution is 2.26. The summed E-state index contributed by atoms with van der Waals surface area (Å²) >= 11 is 0. The van der Waals surface area contributed by atoms with Crippen LogP contribution in [0.15, 0.2) is 59.2 Å². The van der Waals surface area contributed by atoms with Gasteiger partial charge in [0.15, 0.2) is 0 Å². The van der Waals surface area contributed by atoms with Crippen molar-refractivity contribution < 1.29 is 18.3 Å². The van der Waals surface area contributed by atoms with Gasteiger partial charge < -0.3 is 19.4 Å². The molecule has 2 unspecified atom stereocenters. The number of ether oxygens (including phenoxy) is 1. The Morgan fingerprint density at radius 3 is 2.60 bits per heavy atom. The van der Waals surface area contributed by atoms with E-state index in [2.05, 4.69) is 10.3 Å². The predicted molar refractivity (Wildman–Crippen MR) is 113 cm³/mol. The summed E-state index contributed by atoms with van der Waals surface area (Å²) in [7, 11) is 0. The van der Waals surface area contributed by atoms with Crippen molar-refractivity contribution in [2.75, 3.05) is 23.3 Å². The topological polar surface area (TPSA) is 67.6 Å². The van der Waals surface area contributed by atoms with E-state index in [4.69, 9.17) is 9.15 Å². The van der Waals surface area contributed by atoms with Crippen molar-refractivity contribution in [2.45, 2.75) is 32.5 Å². The molecule has 1 N–H and O–H groups in total. The standard InChI is InChI=1S/C23H24FN3O3/c1-15-12-27(13-16(2)30-15)21-9-8-18(10-20(21)24)25-22(28)11-19-14-29-23(26-19)17-6-4-3-5-7-17/h3-10,14-16H,11-13H2,1-2H3,(H,25,28). The van der Waals surface area contributed by atoms with E-state index in [1.54, 1.807) is 12.1 Å². The molecule has 0 radical (unpaired) electrons. The van der Waals surface area contributed by atoms with E-state index in [9.17, 15) is 9.18 Å². The van der Waals surface area contributed by atoms with Gasteiger partial charge in [-0.3, -0.25) is 4.79 Å². The van der Waals surface area contributed by atoms with Crippen molar-refractivity contribution >= 4 is 17.3 Å². The molecular weight excluding hydrogens is 385 g/mol. The molecule has 3 aromatic rings. The summed E-state index contributed by atoms with van der Waals surface area (Å²) in [6, 6.07) is 14.2. The Hall–Kier alpha value is -3.19. The van der Waals surface area contributed by atoms with Crippen LogP contribution in [0.25, 0.3) is 11.5 Å². The average molecular weight is 409 g/mol. The first-order valence-electron chi connectivity index (χ1n) is 9.97. The van der Waals surface area contributed by atoms with Crippen LogP contribution in [0.5, 0.6) is 0 Å². The molecule has 1 aromatic heterocycles. The number of benzene rings is 2. The van der Waals surface area contributed by atoms with Crippen LogP contribution in [0.2, 0.25) is 0 Å². The Bertz CT molecular complexity index is 1010. The van der Waals surface area contributed by atoms with E-state index in [1.165, 1.54) is 12.3 Å². The molecule has 2 heterocycles. The lowest BCUT2D eigenvalue weighted by molar-refractivity contribution is -0.115. The summed E-state index contributed by atoms with van der Waals surface area (Å²) in [5, 5.41) is 2.72. The summed E-state index contributed by atoms with van der Waals surface area (Å²) < 4.78 is 25.9. The molecule has 1 aliphatic rings. The molecule has 2 atom stereocenters. The Morgan fingerprint density at radius 1 is 1.17 bits per heavy atom. The summed E-state index contributed by atoms with van der Waals surface area (Å²) in [6.45, 7) is 5.20. The maximum atomic E-state index is 14.7. The van der Waals surface area contributed by atoms with E-state index in [1.807, 2.05) is 49.1 Å². The largest absolute Gasteiger partial charge is 0.444 e. The van der Waals surface area contributed by atoms with Crippen molar-refractivity contribution in [2.24, 2.45) is 0 Å². The zero-order valence-corrected chi connectivity index (χ0v) is 17.0. The summed E-state index contributed by atoms with van der Waals surface area (Å²) in [6.07, 6.45) is 1.58. The molecule has 1 amide bonds. The monoisotopic (exact) mass is 409 g/mol. The van der Waals surface area contributed by atoms with Gasteiger partial charge in [0, 0.05) is 24.3 Å². The van der Waals surface area contributed by atoms with Crippen molar-refractivity contribution in [3.63, 3.8) is 0 Å². The number of carbonyl (C=O) groups excluding carboxylic acids is 1. The van der Waals surface area contributed by atoms with Crippen molar-refractivity contribution in [1.29, 1.82) is 0 Å². The van der Waals surface area contributed by atoms with E-state index in [0.717, 1.165) is 5.56 Å². The van der Waals surface area contributed by atoms with Gasteiger partial charge in [-0.2, -0.15) is 0 Å². The number of aromatic nitrogens is 1. The zero-order valence-electron chi connectivity index (χ0n) is 17.0. The van der Waals surface area contributed by atoms with Crippen LogP contribution in [0.1, 0.15) is 19.5 Å². The van der Waals surface area contributed by atoms with Gasteiger partial charge in [0.25, 0.3) is 0 Å². The highest BCUT2D eigenvalue weighted by Gasteiger charge is 2.24. The van der Waals surface area contributed by atoms with Crippen LogP contribution >= 0.6 is 0 Å². The third-order valence-electron chi connectivity index (χ3n) is 4.91. The van der Waals surface area contributed by atoms with Crippen molar-refractivity contribution in [3.8, 4) is 11.5 Å². The number of rotatable bonds is 5. The van der Waals surface area contributed by atoms with Crippen LogP contribution in [0.4, 0.5) is 15.8 Å². The number of oxazole rings is 1. The maximum absolute atomic E-state index is 14.7. The lowest BCUT2D eigenvalue weighted by Crippen LogP contribution is -2.45. The first-order valence-corrected chi connectivity index (χ1v) is 9.97. The molecule has 0 aliphatic carbocycles. The molecule has 0 bridgehead atoms. The number of nitrogens with zero attached hydrogens (tertiary/aromatic N) is 2. The SMILES string of the molecule is CC1CN(c2ccc(NC(=O)Cc3coc(-c4ccccc4)n3)cc2F)CC(C)O1. The van der Waals surface area contributed by atoms with Gasteiger partial charge in [-0.15, -0.1) is 0 Å². The van der Waals surface area contributed by atoms with Gasteiger partial charge >= 0.3 is 0 Å². The van der Waals surface area contributed by atoms with Gasteiger partial charge in [-0.1, -0.05) is 18.2 Å². The third kappa shape index (κ3) is 4.68. The number of halogens is 1. The number of anilines is 2. The van der Waals surface area contributed by atoms with Gasteiger partial charge in [-0.25, -0.2) is 9.37 Å². The Kier molecular flexibility index (Phi) is 5.81. The van der Waals surface area contributed by atoms with Gasteiger partial charge in [0.05, 0.1) is 30.0 Å². The highest BCUT2D eigenvalue weighted by atomic mass is 19.1. The molecule has 156 valence electrons. The second kappa shape index (κ2) is 8.67. The molecule has 6 nitrogen and oxygen atoms in total. The molecule has 2 aromatic carbocycles. The van der Waals surface area contributed by atoms with Gasteiger partial charge in [0.2, 0.25) is 11.8 Å². The average Bonchev–Trinajstić information content (AvgIpc) is 3.16. The van der Waals surface area contributed by atoms with Crippen LogP contribution in [-0.2, 0) is 16.0 Å². The summed E-state index contributed by atoms with van der Waals surface area (Å²) in [5.41, 5.74) is 2.27. The van der Waals surface area contributed by atoms with Crippen LogP contribution in [-0.4, -0.2) is 36.2 Å². The summed E-state index contributed by atoms with van der Waals surface area (Å²) in [4.78, 5) is 18.7. The van der Waals surface area contributed by atoms with E-state index < -0.39 is 0 Å². The molecule has 30 heavy (non-hydrogen) atoms. The Morgan fingerprint density at radius 2 is 1.90 bits per heavy atom. The smallest absolute Gasteiger partial charge is 0.230 e. The Balaban J connectivity index is 1.39. The number of amides is 1. The van der Waals surface area contributed by atoms with Crippen molar-refractivity contribution in [1.82, 2.24) is 4.98 Å². The predicted octanol–water partition coefficient (Wildman–Crippen LogP) is 4.28. The van der Waals surface area contributed by atoms with Crippen LogP contribution in [0.3, 0.4) is 0 Å². The fourth-order valence-corrected chi connectivity index (χ4v) is 3.69. The first-order chi connectivity index (χ1) is 14.5. The fourth-order valence-electron chi connectivity index (χ4n) is 3.69. The normalized spacial score (nSPS) is 19.0. The van der Waals surface area contributed by atoms with Crippen molar-refractivity contribution in [3.05, 3.63) is 66.3 Å². The fraction of sp³-hybridized carbons (Fsp3) is 0.304. The highest BCUT2D eigenvalue weighted by molar-refractivity contribution is 5.92. The maximum Gasteiger partial charge on any atom is 0.230 e. The van der Waals surface area contributed by atoms with Gasteiger partial charge in [0.1, 0.15) is 12.1 Å². The van der Waals surface area contributed by atoms with Crippen LogP contribution < -0.4 is 10.2 Å². The number of nitrogens with one attached hydrogen (secondary N) is 1. The molecule has 7 heteroatoms.